The predicted octanol–water partition coefficient (Wildman–Crippen LogP) is 2.89. The molecule has 0 aliphatic carbocycles. The highest BCUT2D eigenvalue weighted by Gasteiger charge is 2.21. The first-order valence-electron chi connectivity index (χ1n) is 7.97. The highest BCUT2D eigenvalue weighted by atomic mass is 32.2. The van der Waals surface area contributed by atoms with Gasteiger partial charge in [0, 0.05) is 50.9 Å². The van der Waals surface area contributed by atoms with Crippen molar-refractivity contribution < 1.29 is 9.13 Å². The second-order valence-corrected chi connectivity index (χ2v) is 6.55. The number of benzene rings is 1. The third kappa shape index (κ3) is 4.36. The fraction of sp³-hybridized carbons (Fsp3) is 0.412. The Bertz CT molecular complexity index is 647. The molecule has 1 aromatic heterocycles. The van der Waals surface area contributed by atoms with Crippen LogP contribution in [0.2, 0.25) is 0 Å². The van der Waals surface area contributed by atoms with Gasteiger partial charge in [0.2, 0.25) is 0 Å². The summed E-state index contributed by atoms with van der Waals surface area (Å²) in [5, 5.41) is 0. The second kappa shape index (κ2) is 8.30. The SMILES string of the molecule is CSCCN1CCN(c2nccnc2Oc2ccc(F)cc2)CC1. The summed E-state index contributed by atoms with van der Waals surface area (Å²) in [5.41, 5.74) is 0. The van der Waals surface area contributed by atoms with E-state index in [4.69, 9.17) is 4.74 Å². The fourth-order valence-corrected chi connectivity index (χ4v) is 3.07. The fourth-order valence-electron chi connectivity index (χ4n) is 2.62. The number of thioether (sulfide) groups is 1. The van der Waals surface area contributed by atoms with Crippen LogP contribution in [0.5, 0.6) is 11.6 Å². The molecular weight excluding hydrogens is 327 g/mol. The molecule has 0 amide bonds. The molecule has 0 unspecified atom stereocenters. The Kier molecular flexibility index (Phi) is 5.87. The Labute approximate surface area is 145 Å². The summed E-state index contributed by atoms with van der Waals surface area (Å²) >= 11 is 1.87. The Morgan fingerprint density at radius 2 is 1.79 bits per heavy atom. The van der Waals surface area contributed by atoms with E-state index in [-0.39, 0.29) is 5.82 Å². The van der Waals surface area contributed by atoms with Crippen molar-refractivity contribution in [2.24, 2.45) is 0 Å². The van der Waals surface area contributed by atoms with E-state index >= 15 is 0 Å². The third-order valence-corrected chi connectivity index (χ3v) is 4.55. The highest BCUT2D eigenvalue weighted by Crippen LogP contribution is 2.28. The Morgan fingerprint density at radius 3 is 2.50 bits per heavy atom. The van der Waals surface area contributed by atoms with Crippen LogP contribution >= 0.6 is 11.8 Å². The summed E-state index contributed by atoms with van der Waals surface area (Å²) < 4.78 is 18.8. The number of rotatable bonds is 6. The van der Waals surface area contributed by atoms with Gasteiger partial charge in [0.15, 0.2) is 5.82 Å². The monoisotopic (exact) mass is 348 g/mol. The minimum atomic E-state index is -0.289. The van der Waals surface area contributed by atoms with Crippen molar-refractivity contribution in [3.05, 3.63) is 42.5 Å². The van der Waals surface area contributed by atoms with Gasteiger partial charge in [-0.05, 0) is 30.5 Å². The zero-order valence-corrected chi connectivity index (χ0v) is 14.5. The van der Waals surface area contributed by atoms with E-state index in [1.165, 1.54) is 12.1 Å². The molecule has 1 aliphatic heterocycles. The smallest absolute Gasteiger partial charge is 0.263 e. The summed E-state index contributed by atoms with van der Waals surface area (Å²) in [7, 11) is 0. The van der Waals surface area contributed by atoms with Crippen molar-refractivity contribution in [1.29, 1.82) is 0 Å². The average molecular weight is 348 g/mol. The minimum Gasteiger partial charge on any atom is -0.436 e. The lowest BCUT2D eigenvalue weighted by molar-refractivity contribution is 0.271. The predicted molar refractivity (Wildman–Crippen MR) is 95.5 cm³/mol. The van der Waals surface area contributed by atoms with E-state index in [0.29, 0.717) is 11.6 Å². The number of hydrogen-bond acceptors (Lipinski definition) is 6. The van der Waals surface area contributed by atoms with E-state index in [0.717, 1.165) is 44.3 Å². The molecule has 0 saturated carbocycles. The van der Waals surface area contributed by atoms with Crippen LogP contribution in [0.15, 0.2) is 36.7 Å². The molecule has 1 aliphatic rings. The third-order valence-electron chi connectivity index (χ3n) is 3.96. The molecule has 1 saturated heterocycles. The molecule has 7 heteroatoms. The number of anilines is 1. The van der Waals surface area contributed by atoms with Gasteiger partial charge >= 0.3 is 0 Å². The van der Waals surface area contributed by atoms with Crippen molar-refractivity contribution in [3.63, 3.8) is 0 Å². The van der Waals surface area contributed by atoms with Gasteiger partial charge in [-0.3, -0.25) is 4.90 Å². The van der Waals surface area contributed by atoms with Crippen LogP contribution in [-0.2, 0) is 0 Å². The number of halogens is 1. The number of nitrogens with zero attached hydrogens (tertiary/aromatic N) is 4. The summed E-state index contributed by atoms with van der Waals surface area (Å²) in [5.74, 6) is 2.62. The highest BCUT2D eigenvalue weighted by molar-refractivity contribution is 7.98. The van der Waals surface area contributed by atoms with E-state index in [9.17, 15) is 4.39 Å². The molecule has 1 aromatic carbocycles. The minimum absolute atomic E-state index is 0.289. The maximum Gasteiger partial charge on any atom is 0.263 e. The lowest BCUT2D eigenvalue weighted by Crippen LogP contribution is -2.47. The Morgan fingerprint density at radius 1 is 1.08 bits per heavy atom. The summed E-state index contributed by atoms with van der Waals surface area (Å²) in [6.07, 6.45) is 5.42. The summed E-state index contributed by atoms with van der Waals surface area (Å²) in [6, 6.07) is 5.92. The first-order valence-corrected chi connectivity index (χ1v) is 9.36. The van der Waals surface area contributed by atoms with Crippen molar-refractivity contribution in [2.75, 3.05) is 49.6 Å². The van der Waals surface area contributed by atoms with Crippen molar-refractivity contribution in [2.45, 2.75) is 0 Å². The number of aromatic nitrogens is 2. The molecule has 0 bridgehead atoms. The van der Waals surface area contributed by atoms with Crippen LogP contribution in [0, 0.1) is 5.82 Å². The molecule has 128 valence electrons. The van der Waals surface area contributed by atoms with Gasteiger partial charge in [-0.15, -0.1) is 0 Å². The topological polar surface area (TPSA) is 41.5 Å². The largest absolute Gasteiger partial charge is 0.436 e. The van der Waals surface area contributed by atoms with Crippen LogP contribution in [0.25, 0.3) is 0 Å². The van der Waals surface area contributed by atoms with Gasteiger partial charge in [-0.25, -0.2) is 14.4 Å². The van der Waals surface area contributed by atoms with Crippen molar-refractivity contribution in [1.82, 2.24) is 14.9 Å². The maximum absolute atomic E-state index is 13.0. The van der Waals surface area contributed by atoms with Crippen LogP contribution < -0.4 is 9.64 Å². The number of ether oxygens (including phenoxy) is 1. The van der Waals surface area contributed by atoms with Crippen molar-refractivity contribution in [3.8, 4) is 11.6 Å². The summed E-state index contributed by atoms with van der Waals surface area (Å²) in [6.45, 7) is 4.92. The zero-order chi connectivity index (χ0) is 16.8. The lowest BCUT2D eigenvalue weighted by Gasteiger charge is -2.35. The van der Waals surface area contributed by atoms with Gasteiger partial charge in [-0.2, -0.15) is 11.8 Å². The molecule has 0 atom stereocenters. The van der Waals surface area contributed by atoms with Crippen LogP contribution in [0.3, 0.4) is 0 Å². The van der Waals surface area contributed by atoms with Gasteiger partial charge < -0.3 is 9.64 Å². The van der Waals surface area contributed by atoms with E-state index in [1.807, 2.05) is 11.8 Å². The van der Waals surface area contributed by atoms with E-state index < -0.39 is 0 Å². The summed E-state index contributed by atoms with van der Waals surface area (Å²) in [4.78, 5) is 13.4. The quantitative estimate of drug-likeness (QED) is 0.800. The molecular formula is C17H21FN4OS. The number of piperazine rings is 1. The van der Waals surface area contributed by atoms with Gasteiger partial charge in [0.1, 0.15) is 11.6 Å². The molecule has 1 fully saturated rings. The molecule has 2 heterocycles. The molecule has 3 rings (SSSR count). The molecule has 2 aromatic rings. The molecule has 5 nitrogen and oxygen atoms in total. The van der Waals surface area contributed by atoms with E-state index in [2.05, 4.69) is 26.0 Å². The molecule has 0 N–H and O–H groups in total. The van der Waals surface area contributed by atoms with Crippen LogP contribution in [0.4, 0.5) is 10.2 Å². The van der Waals surface area contributed by atoms with Gasteiger partial charge in [0.25, 0.3) is 5.88 Å². The Hall–Kier alpha value is -1.86. The Balaban J connectivity index is 1.67. The molecule has 24 heavy (non-hydrogen) atoms. The lowest BCUT2D eigenvalue weighted by atomic mass is 10.3. The number of hydrogen-bond donors (Lipinski definition) is 0. The van der Waals surface area contributed by atoms with E-state index in [1.54, 1.807) is 24.5 Å². The first-order chi connectivity index (χ1) is 11.8. The molecule has 0 spiro atoms. The van der Waals surface area contributed by atoms with Gasteiger partial charge in [-0.1, -0.05) is 0 Å². The second-order valence-electron chi connectivity index (χ2n) is 5.56. The van der Waals surface area contributed by atoms with Gasteiger partial charge in [0.05, 0.1) is 0 Å². The normalized spacial score (nSPS) is 15.5. The molecule has 0 radical (unpaired) electrons. The standard InChI is InChI=1S/C17H21FN4OS/c1-24-13-12-21-8-10-22(11-9-21)16-17(20-7-6-19-16)23-15-4-2-14(18)3-5-15/h2-7H,8-13H2,1H3. The van der Waals surface area contributed by atoms with Crippen LogP contribution in [0.1, 0.15) is 0 Å². The maximum atomic E-state index is 13.0. The van der Waals surface area contributed by atoms with Crippen LogP contribution in [-0.4, -0.2) is 59.6 Å². The van der Waals surface area contributed by atoms with Crippen molar-refractivity contribution >= 4 is 17.6 Å². The first kappa shape index (κ1) is 17.0. The average Bonchev–Trinajstić information content (AvgIpc) is 2.63. The zero-order valence-electron chi connectivity index (χ0n) is 13.7.